The van der Waals surface area contributed by atoms with Gasteiger partial charge in [0.15, 0.2) is 0 Å². The number of phenolic OH excluding ortho intramolecular Hbond substituents is 1. The first-order valence-corrected chi connectivity index (χ1v) is 6.49. The van der Waals surface area contributed by atoms with Crippen LogP contribution in [-0.2, 0) is 6.42 Å². The first-order valence-electron chi connectivity index (χ1n) is 6.49. The summed E-state index contributed by atoms with van der Waals surface area (Å²) in [6, 6.07) is 10.8. The summed E-state index contributed by atoms with van der Waals surface area (Å²) in [6.45, 7) is 1.77. The van der Waals surface area contributed by atoms with Gasteiger partial charge in [-0.3, -0.25) is 0 Å². The number of phenols is 1. The van der Waals surface area contributed by atoms with Crippen LogP contribution in [0.1, 0.15) is 29.2 Å². The Hall–Kier alpha value is -2.03. The minimum absolute atomic E-state index is 0.141. The zero-order chi connectivity index (χ0) is 13.4. The van der Waals surface area contributed by atoms with Gasteiger partial charge in [-0.2, -0.15) is 0 Å². The lowest BCUT2D eigenvalue weighted by Crippen LogP contribution is -2.08. The van der Waals surface area contributed by atoms with Crippen molar-refractivity contribution >= 4 is 5.69 Å². The van der Waals surface area contributed by atoms with Crippen molar-refractivity contribution in [2.45, 2.75) is 25.8 Å². The Morgan fingerprint density at radius 2 is 2.00 bits per heavy atom. The largest absolute Gasteiger partial charge is 0.508 e. The normalized spacial score (nSPS) is 17.3. The smallest absolute Gasteiger partial charge is 0.128 e. The zero-order valence-corrected chi connectivity index (χ0v) is 10.8. The van der Waals surface area contributed by atoms with E-state index in [0.29, 0.717) is 11.3 Å². The highest BCUT2D eigenvalue weighted by Crippen LogP contribution is 2.38. The minimum atomic E-state index is -0.195. The van der Waals surface area contributed by atoms with E-state index in [1.54, 1.807) is 19.1 Å². The van der Waals surface area contributed by atoms with Gasteiger partial charge in [0.05, 0.1) is 6.04 Å². The third-order valence-corrected chi connectivity index (χ3v) is 3.84. The monoisotopic (exact) mass is 257 g/mol. The number of rotatable bonds is 2. The molecule has 0 spiro atoms. The molecule has 3 heteroatoms. The molecule has 2 nitrogen and oxygen atoms in total. The second-order valence-electron chi connectivity index (χ2n) is 4.99. The summed E-state index contributed by atoms with van der Waals surface area (Å²) in [5, 5.41) is 13.2. The van der Waals surface area contributed by atoms with E-state index in [9.17, 15) is 9.50 Å². The molecule has 0 saturated heterocycles. The summed E-state index contributed by atoms with van der Waals surface area (Å²) in [4.78, 5) is 0. The molecule has 1 aliphatic rings. The Morgan fingerprint density at radius 3 is 2.84 bits per heavy atom. The molecule has 1 unspecified atom stereocenters. The summed E-state index contributed by atoms with van der Waals surface area (Å²) in [5.41, 5.74) is 3.58. The fourth-order valence-corrected chi connectivity index (χ4v) is 2.74. The maximum absolute atomic E-state index is 13.5. The SMILES string of the molecule is Cc1c(F)cccc1NC1CCc2c(O)cccc21. The number of aromatic hydroxyl groups is 1. The Kier molecular flexibility index (Phi) is 2.90. The lowest BCUT2D eigenvalue weighted by atomic mass is 10.1. The molecule has 0 aromatic heterocycles. The van der Waals surface area contributed by atoms with Gasteiger partial charge in [0.2, 0.25) is 0 Å². The van der Waals surface area contributed by atoms with E-state index < -0.39 is 0 Å². The van der Waals surface area contributed by atoms with Crippen molar-refractivity contribution in [3.05, 3.63) is 58.9 Å². The Labute approximate surface area is 111 Å². The van der Waals surface area contributed by atoms with Crippen LogP contribution in [-0.4, -0.2) is 5.11 Å². The number of fused-ring (bicyclic) bond motifs is 1. The quantitative estimate of drug-likeness (QED) is 0.854. The van der Waals surface area contributed by atoms with E-state index in [0.717, 1.165) is 29.7 Å². The van der Waals surface area contributed by atoms with Crippen molar-refractivity contribution in [1.82, 2.24) is 0 Å². The van der Waals surface area contributed by atoms with E-state index in [1.807, 2.05) is 18.2 Å². The van der Waals surface area contributed by atoms with Crippen LogP contribution in [0.4, 0.5) is 10.1 Å². The lowest BCUT2D eigenvalue weighted by molar-refractivity contribution is 0.469. The molecule has 0 radical (unpaired) electrons. The Balaban J connectivity index is 1.91. The third kappa shape index (κ3) is 2.05. The predicted molar refractivity (Wildman–Crippen MR) is 73.9 cm³/mol. The van der Waals surface area contributed by atoms with Crippen molar-refractivity contribution in [3.63, 3.8) is 0 Å². The van der Waals surface area contributed by atoms with Crippen LogP contribution in [0.2, 0.25) is 0 Å². The molecule has 0 saturated carbocycles. The molecule has 2 aromatic rings. The molecule has 0 heterocycles. The fraction of sp³-hybridized carbons (Fsp3) is 0.250. The van der Waals surface area contributed by atoms with E-state index in [4.69, 9.17) is 0 Å². The number of benzene rings is 2. The topological polar surface area (TPSA) is 32.3 Å². The molecule has 1 aliphatic carbocycles. The van der Waals surface area contributed by atoms with Crippen LogP contribution in [0.5, 0.6) is 5.75 Å². The number of nitrogens with one attached hydrogen (secondary N) is 1. The van der Waals surface area contributed by atoms with Gasteiger partial charge in [-0.25, -0.2) is 4.39 Å². The highest BCUT2D eigenvalue weighted by molar-refractivity contribution is 5.55. The first kappa shape index (κ1) is 12.0. The number of hydrogen-bond acceptors (Lipinski definition) is 2. The molecular formula is C16H16FNO. The molecule has 0 bridgehead atoms. The van der Waals surface area contributed by atoms with Gasteiger partial charge in [0.25, 0.3) is 0 Å². The van der Waals surface area contributed by atoms with Gasteiger partial charge < -0.3 is 10.4 Å². The summed E-state index contributed by atoms with van der Waals surface area (Å²) in [6.07, 6.45) is 1.77. The molecule has 2 aromatic carbocycles. The molecule has 98 valence electrons. The van der Waals surface area contributed by atoms with Crippen LogP contribution in [0.25, 0.3) is 0 Å². The lowest BCUT2D eigenvalue weighted by Gasteiger charge is -2.17. The van der Waals surface area contributed by atoms with E-state index >= 15 is 0 Å². The average Bonchev–Trinajstić information content (AvgIpc) is 2.80. The maximum Gasteiger partial charge on any atom is 0.128 e. The zero-order valence-electron chi connectivity index (χ0n) is 10.8. The second kappa shape index (κ2) is 4.57. The van der Waals surface area contributed by atoms with Crippen molar-refractivity contribution in [2.24, 2.45) is 0 Å². The molecular weight excluding hydrogens is 241 g/mol. The van der Waals surface area contributed by atoms with Crippen molar-refractivity contribution in [2.75, 3.05) is 5.32 Å². The summed E-state index contributed by atoms with van der Waals surface area (Å²) in [5.74, 6) is 0.164. The van der Waals surface area contributed by atoms with Gasteiger partial charge in [-0.15, -0.1) is 0 Å². The van der Waals surface area contributed by atoms with Crippen molar-refractivity contribution < 1.29 is 9.50 Å². The minimum Gasteiger partial charge on any atom is -0.508 e. The highest BCUT2D eigenvalue weighted by Gasteiger charge is 2.24. The van der Waals surface area contributed by atoms with Crippen LogP contribution in [0.3, 0.4) is 0 Å². The van der Waals surface area contributed by atoms with E-state index in [-0.39, 0.29) is 11.9 Å². The molecule has 0 amide bonds. The average molecular weight is 257 g/mol. The predicted octanol–water partition coefficient (Wildman–Crippen LogP) is 3.94. The van der Waals surface area contributed by atoms with Crippen LogP contribution in [0, 0.1) is 12.7 Å². The van der Waals surface area contributed by atoms with E-state index in [1.165, 1.54) is 6.07 Å². The molecule has 19 heavy (non-hydrogen) atoms. The number of hydrogen-bond donors (Lipinski definition) is 2. The molecule has 3 rings (SSSR count). The highest BCUT2D eigenvalue weighted by atomic mass is 19.1. The maximum atomic E-state index is 13.5. The van der Waals surface area contributed by atoms with Gasteiger partial charge in [0.1, 0.15) is 11.6 Å². The van der Waals surface area contributed by atoms with Gasteiger partial charge in [-0.1, -0.05) is 18.2 Å². The van der Waals surface area contributed by atoms with Gasteiger partial charge in [-0.05, 0) is 49.1 Å². The first-order chi connectivity index (χ1) is 9.16. The van der Waals surface area contributed by atoms with Crippen LogP contribution < -0.4 is 5.32 Å². The third-order valence-electron chi connectivity index (χ3n) is 3.84. The fourth-order valence-electron chi connectivity index (χ4n) is 2.74. The Bertz CT molecular complexity index is 624. The van der Waals surface area contributed by atoms with Crippen molar-refractivity contribution in [1.29, 1.82) is 0 Å². The number of anilines is 1. The standard InChI is InChI=1S/C16H16FNO/c1-10-13(17)5-3-6-14(10)18-15-9-8-12-11(15)4-2-7-16(12)19/h2-7,15,18-19H,8-9H2,1H3. The summed E-state index contributed by atoms with van der Waals surface area (Å²) in [7, 11) is 0. The number of halogens is 1. The molecule has 2 N–H and O–H groups in total. The van der Waals surface area contributed by atoms with Crippen molar-refractivity contribution in [3.8, 4) is 5.75 Å². The van der Waals surface area contributed by atoms with Gasteiger partial charge in [0, 0.05) is 11.3 Å². The summed E-state index contributed by atoms with van der Waals surface area (Å²) >= 11 is 0. The molecule has 1 atom stereocenters. The van der Waals surface area contributed by atoms with E-state index in [2.05, 4.69) is 5.32 Å². The van der Waals surface area contributed by atoms with Gasteiger partial charge >= 0.3 is 0 Å². The van der Waals surface area contributed by atoms with Crippen LogP contribution >= 0.6 is 0 Å². The molecule has 0 fully saturated rings. The van der Waals surface area contributed by atoms with Crippen LogP contribution in [0.15, 0.2) is 36.4 Å². The molecule has 0 aliphatic heterocycles. The second-order valence-corrected chi connectivity index (χ2v) is 4.99. The Morgan fingerprint density at radius 1 is 1.21 bits per heavy atom. The summed E-state index contributed by atoms with van der Waals surface area (Å²) < 4.78 is 13.5.